The van der Waals surface area contributed by atoms with Crippen LogP contribution in [0.5, 0.6) is 0 Å². The van der Waals surface area contributed by atoms with Gasteiger partial charge in [0.15, 0.2) is 5.11 Å². The number of nitrogens with zero attached hydrogens (tertiary/aromatic N) is 1. The van der Waals surface area contributed by atoms with E-state index >= 15 is 0 Å². The summed E-state index contributed by atoms with van der Waals surface area (Å²) in [4.78, 5) is 14.4. The number of carbonyl (C=O) groups is 1. The highest BCUT2D eigenvalue weighted by Crippen LogP contribution is 2.38. The lowest BCUT2D eigenvalue weighted by atomic mass is 9.89. The fraction of sp³-hybridized carbons (Fsp3) is 0.200. The van der Waals surface area contributed by atoms with Crippen LogP contribution in [0.25, 0.3) is 5.57 Å². The minimum Gasteiger partial charge on any atom is -0.309 e. The number of anilines is 1. The molecule has 122 valence electrons. The van der Waals surface area contributed by atoms with E-state index in [0.29, 0.717) is 10.7 Å². The minimum absolute atomic E-state index is 0.194. The van der Waals surface area contributed by atoms with Gasteiger partial charge in [-0.3, -0.25) is 10.1 Å². The quantitative estimate of drug-likeness (QED) is 0.783. The molecule has 0 bridgehead atoms. The summed E-state index contributed by atoms with van der Waals surface area (Å²) in [5, 5.41) is 3.27. The van der Waals surface area contributed by atoms with Crippen molar-refractivity contribution < 1.29 is 4.79 Å². The number of nitrogens with one attached hydrogen (secondary N) is 1. The molecule has 0 atom stereocenters. The minimum atomic E-state index is -0.320. The molecule has 0 saturated carbocycles. The molecule has 3 rings (SSSR count). The van der Waals surface area contributed by atoms with Crippen LogP contribution in [0.15, 0.2) is 60.7 Å². The number of para-hydroxylation sites is 1. The summed E-state index contributed by atoms with van der Waals surface area (Å²) in [6.07, 6.45) is 2.18. The van der Waals surface area contributed by atoms with Gasteiger partial charge in [-0.25, -0.2) is 0 Å². The van der Waals surface area contributed by atoms with Crippen molar-refractivity contribution in [2.75, 3.05) is 4.90 Å². The molecule has 1 aliphatic rings. The zero-order valence-electron chi connectivity index (χ0n) is 14.0. The van der Waals surface area contributed by atoms with Crippen molar-refractivity contribution in [2.24, 2.45) is 0 Å². The topological polar surface area (TPSA) is 32.3 Å². The molecule has 1 amide bonds. The predicted molar refractivity (Wildman–Crippen MR) is 103 cm³/mol. The Balaban J connectivity index is 1.93. The Morgan fingerprint density at radius 1 is 1.04 bits per heavy atom. The summed E-state index contributed by atoms with van der Waals surface area (Å²) in [5.41, 5.74) is 3.63. The van der Waals surface area contributed by atoms with E-state index in [4.69, 9.17) is 12.2 Å². The number of benzene rings is 2. The van der Waals surface area contributed by atoms with Crippen LogP contribution in [0, 0.1) is 0 Å². The van der Waals surface area contributed by atoms with E-state index in [0.717, 1.165) is 11.3 Å². The van der Waals surface area contributed by atoms with Crippen molar-refractivity contribution in [1.82, 2.24) is 5.32 Å². The lowest BCUT2D eigenvalue weighted by Gasteiger charge is -2.42. The summed E-state index contributed by atoms with van der Waals surface area (Å²) in [6, 6.07) is 17.2. The Morgan fingerprint density at radius 2 is 1.67 bits per heavy atom. The number of thiocarbonyl (C=S) groups is 1. The number of fused-ring (bicyclic) bond motifs is 1. The van der Waals surface area contributed by atoms with Crippen molar-refractivity contribution >= 4 is 34.5 Å². The molecule has 24 heavy (non-hydrogen) atoms. The van der Waals surface area contributed by atoms with Gasteiger partial charge in [0, 0.05) is 11.1 Å². The third-order valence-corrected chi connectivity index (χ3v) is 4.46. The van der Waals surface area contributed by atoms with Gasteiger partial charge in [0.25, 0.3) is 5.91 Å². The van der Waals surface area contributed by atoms with E-state index in [1.807, 2.05) is 41.3 Å². The van der Waals surface area contributed by atoms with Crippen molar-refractivity contribution in [3.63, 3.8) is 0 Å². The monoisotopic (exact) mass is 336 g/mol. The molecule has 0 fully saturated rings. The summed E-state index contributed by atoms with van der Waals surface area (Å²) < 4.78 is 0. The maximum Gasteiger partial charge on any atom is 0.257 e. The van der Waals surface area contributed by atoms with E-state index in [9.17, 15) is 4.79 Å². The van der Waals surface area contributed by atoms with Gasteiger partial charge >= 0.3 is 0 Å². The van der Waals surface area contributed by atoms with Gasteiger partial charge in [0.05, 0.1) is 11.2 Å². The predicted octanol–water partition coefficient (Wildman–Crippen LogP) is 4.40. The van der Waals surface area contributed by atoms with Gasteiger partial charge in [-0.15, -0.1) is 0 Å². The van der Waals surface area contributed by atoms with E-state index in [-0.39, 0.29) is 11.4 Å². The maximum absolute atomic E-state index is 12.4. The van der Waals surface area contributed by atoms with Gasteiger partial charge < -0.3 is 4.90 Å². The molecular formula is C20H20N2OS. The first-order valence-corrected chi connectivity index (χ1v) is 8.30. The molecule has 1 heterocycles. The molecule has 2 aromatic rings. The van der Waals surface area contributed by atoms with E-state index in [1.54, 1.807) is 12.1 Å². The third kappa shape index (κ3) is 2.97. The first-order chi connectivity index (χ1) is 11.4. The van der Waals surface area contributed by atoms with Crippen LogP contribution < -0.4 is 10.2 Å². The average molecular weight is 336 g/mol. The van der Waals surface area contributed by atoms with Gasteiger partial charge in [-0.1, -0.05) is 42.5 Å². The van der Waals surface area contributed by atoms with Crippen LogP contribution in [0.3, 0.4) is 0 Å². The number of allylic oxidation sites excluding steroid dienone is 1. The van der Waals surface area contributed by atoms with Crippen molar-refractivity contribution in [3.05, 3.63) is 71.8 Å². The van der Waals surface area contributed by atoms with E-state index in [1.165, 1.54) is 5.57 Å². The number of hydrogen-bond donors (Lipinski definition) is 1. The Labute approximate surface area is 148 Å². The lowest BCUT2D eigenvalue weighted by Crippen LogP contribution is -2.54. The highest BCUT2D eigenvalue weighted by atomic mass is 32.1. The van der Waals surface area contributed by atoms with Gasteiger partial charge in [0.1, 0.15) is 0 Å². The van der Waals surface area contributed by atoms with E-state index < -0.39 is 0 Å². The zero-order valence-corrected chi connectivity index (χ0v) is 14.9. The number of carbonyl (C=O) groups excluding carboxylic acids is 1. The molecule has 0 radical (unpaired) electrons. The highest BCUT2D eigenvalue weighted by molar-refractivity contribution is 7.80. The smallest absolute Gasteiger partial charge is 0.257 e. The van der Waals surface area contributed by atoms with Crippen molar-refractivity contribution in [3.8, 4) is 0 Å². The van der Waals surface area contributed by atoms with E-state index in [2.05, 4.69) is 38.2 Å². The molecule has 0 aromatic heterocycles. The maximum atomic E-state index is 12.4. The van der Waals surface area contributed by atoms with Crippen LogP contribution >= 0.6 is 12.2 Å². The third-order valence-electron chi connectivity index (χ3n) is 4.18. The van der Waals surface area contributed by atoms with Crippen molar-refractivity contribution in [1.29, 1.82) is 0 Å². The normalized spacial score (nSPS) is 15.3. The second-order valence-electron chi connectivity index (χ2n) is 6.46. The van der Waals surface area contributed by atoms with Crippen molar-refractivity contribution in [2.45, 2.75) is 26.3 Å². The zero-order chi connectivity index (χ0) is 17.3. The molecule has 2 aromatic carbocycles. The van der Waals surface area contributed by atoms with Gasteiger partial charge in [-0.05, 0) is 56.8 Å². The molecule has 0 unspecified atom stereocenters. The molecule has 0 aliphatic carbocycles. The summed E-state index contributed by atoms with van der Waals surface area (Å²) in [7, 11) is 0. The van der Waals surface area contributed by atoms with Crippen LogP contribution in [-0.4, -0.2) is 16.6 Å². The Hall–Kier alpha value is -2.46. The molecule has 1 aliphatic heterocycles. The second kappa shape index (κ2) is 6.21. The fourth-order valence-corrected chi connectivity index (χ4v) is 3.60. The first-order valence-electron chi connectivity index (χ1n) is 7.89. The molecular weight excluding hydrogens is 316 g/mol. The van der Waals surface area contributed by atoms with Crippen LogP contribution in [0.4, 0.5) is 5.69 Å². The molecule has 1 N–H and O–H groups in total. The summed E-state index contributed by atoms with van der Waals surface area (Å²) in [5.74, 6) is -0.194. The van der Waals surface area contributed by atoms with Crippen LogP contribution in [0.1, 0.15) is 36.7 Å². The van der Waals surface area contributed by atoms with Gasteiger partial charge in [0.2, 0.25) is 0 Å². The number of amides is 1. The Morgan fingerprint density at radius 3 is 2.38 bits per heavy atom. The highest BCUT2D eigenvalue weighted by Gasteiger charge is 2.34. The van der Waals surface area contributed by atoms with Crippen LogP contribution in [-0.2, 0) is 0 Å². The number of rotatable bonds is 1. The SMILES string of the molecule is CC1=CC(C)(C)N(C(=S)NC(=O)c2ccccc2)c2ccccc21. The first kappa shape index (κ1) is 16.4. The fourth-order valence-electron chi connectivity index (χ4n) is 3.17. The standard InChI is InChI=1S/C20H20N2OS/c1-14-13-20(2,3)22(17-12-8-7-11-16(14)17)19(24)21-18(23)15-9-5-4-6-10-15/h4-13H,1-3H3,(H,21,23,24). The molecule has 3 nitrogen and oxygen atoms in total. The Bertz CT molecular complexity index is 825. The molecule has 0 spiro atoms. The molecule has 0 saturated heterocycles. The average Bonchev–Trinajstić information content (AvgIpc) is 2.54. The second-order valence-corrected chi connectivity index (χ2v) is 6.85. The lowest BCUT2D eigenvalue weighted by molar-refractivity contribution is 0.0977. The number of hydrogen-bond acceptors (Lipinski definition) is 2. The summed E-state index contributed by atoms with van der Waals surface area (Å²) in [6.45, 7) is 6.28. The molecule has 4 heteroatoms. The van der Waals surface area contributed by atoms with Gasteiger partial charge in [-0.2, -0.15) is 0 Å². The summed E-state index contributed by atoms with van der Waals surface area (Å²) >= 11 is 5.58. The largest absolute Gasteiger partial charge is 0.309 e. The van der Waals surface area contributed by atoms with Crippen LogP contribution in [0.2, 0.25) is 0 Å². The Kier molecular flexibility index (Phi) is 4.24.